The van der Waals surface area contributed by atoms with E-state index in [0.717, 1.165) is 0 Å². The van der Waals surface area contributed by atoms with E-state index in [1.807, 2.05) is 0 Å². The lowest BCUT2D eigenvalue weighted by Gasteiger charge is -2.27. The highest BCUT2D eigenvalue weighted by Crippen LogP contribution is 2.28. The van der Waals surface area contributed by atoms with Crippen molar-refractivity contribution in [1.29, 1.82) is 0 Å². The zero-order valence-corrected chi connectivity index (χ0v) is 8.66. The molecule has 0 radical (unpaired) electrons. The molecule has 2 heterocycles. The molecule has 14 heavy (non-hydrogen) atoms. The van der Waals surface area contributed by atoms with Crippen LogP contribution in [-0.4, -0.2) is 53.1 Å². The number of aliphatic carboxylic acids is 1. The van der Waals surface area contributed by atoms with Gasteiger partial charge in [0.25, 0.3) is 0 Å². The van der Waals surface area contributed by atoms with Gasteiger partial charge in [0.2, 0.25) is 0 Å². The molecule has 2 amide bonds. The molecule has 2 atom stereocenters. The van der Waals surface area contributed by atoms with Gasteiger partial charge in [-0.05, 0) is 6.42 Å². The van der Waals surface area contributed by atoms with Gasteiger partial charge >= 0.3 is 12.0 Å². The van der Waals surface area contributed by atoms with Gasteiger partial charge in [0.15, 0.2) is 0 Å². The molecular formula is C8H13ClN2O3. The van der Waals surface area contributed by atoms with Crippen molar-refractivity contribution in [3.05, 3.63) is 0 Å². The molecule has 0 aromatic carbocycles. The number of piperidine rings is 1. The first kappa shape index (κ1) is 11.1. The highest BCUT2D eigenvalue weighted by atomic mass is 35.5. The zero-order chi connectivity index (χ0) is 9.59. The Morgan fingerprint density at radius 2 is 2.21 bits per heavy atom. The second kappa shape index (κ2) is 3.65. The van der Waals surface area contributed by atoms with E-state index < -0.39 is 5.97 Å². The SMILES string of the molecule is CN1C(=O)N2CC[C@H](C(=O)O)[C@H]1C2.Cl. The van der Waals surface area contributed by atoms with Gasteiger partial charge in [0.05, 0.1) is 12.0 Å². The molecule has 1 N–H and O–H groups in total. The number of hydrogen-bond donors (Lipinski definition) is 1. The molecule has 0 spiro atoms. The summed E-state index contributed by atoms with van der Waals surface area (Å²) < 4.78 is 0. The summed E-state index contributed by atoms with van der Waals surface area (Å²) in [6.45, 7) is 1.16. The first-order valence-electron chi connectivity index (χ1n) is 4.36. The van der Waals surface area contributed by atoms with Crippen molar-refractivity contribution in [3.63, 3.8) is 0 Å². The summed E-state index contributed by atoms with van der Waals surface area (Å²) in [7, 11) is 1.67. The molecule has 5 nitrogen and oxygen atoms in total. The lowest BCUT2D eigenvalue weighted by molar-refractivity contribution is -0.144. The second-order valence-electron chi connectivity index (χ2n) is 3.64. The molecule has 2 saturated heterocycles. The van der Waals surface area contributed by atoms with Gasteiger partial charge in [-0.25, -0.2) is 4.79 Å². The van der Waals surface area contributed by atoms with Crippen LogP contribution < -0.4 is 0 Å². The Balaban J connectivity index is 0.000000980. The number of hydrogen-bond acceptors (Lipinski definition) is 2. The topological polar surface area (TPSA) is 60.9 Å². The van der Waals surface area contributed by atoms with Crippen LogP contribution in [-0.2, 0) is 4.79 Å². The number of carboxylic acid groups (broad SMARTS) is 1. The number of nitrogens with zero attached hydrogens (tertiary/aromatic N) is 2. The zero-order valence-electron chi connectivity index (χ0n) is 7.84. The molecule has 0 aromatic heterocycles. The molecule has 0 aliphatic carbocycles. The van der Waals surface area contributed by atoms with Gasteiger partial charge in [-0.2, -0.15) is 0 Å². The summed E-state index contributed by atoms with van der Waals surface area (Å²) in [5, 5.41) is 8.91. The predicted molar refractivity (Wildman–Crippen MR) is 51.5 cm³/mol. The first-order chi connectivity index (χ1) is 6.11. The molecule has 0 aromatic rings. The molecular weight excluding hydrogens is 208 g/mol. The van der Waals surface area contributed by atoms with Crippen molar-refractivity contribution in [3.8, 4) is 0 Å². The molecule has 6 heteroatoms. The average Bonchev–Trinajstić information content (AvgIpc) is 2.32. The monoisotopic (exact) mass is 220 g/mol. The molecule has 2 fully saturated rings. The van der Waals surface area contributed by atoms with Gasteiger partial charge < -0.3 is 14.9 Å². The summed E-state index contributed by atoms with van der Waals surface area (Å²) in [6, 6.07) is -0.160. The third-order valence-electron chi connectivity index (χ3n) is 2.97. The summed E-state index contributed by atoms with van der Waals surface area (Å²) in [5.41, 5.74) is 0. The van der Waals surface area contributed by atoms with Crippen molar-refractivity contribution in [1.82, 2.24) is 9.80 Å². The largest absolute Gasteiger partial charge is 0.481 e. The summed E-state index contributed by atoms with van der Waals surface area (Å²) in [4.78, 5) is 25.5. The van der Waals surface area contributed by atoms with E-state index in [9.17, 15) is 9.59 Å². The van der Waals surface area contributed by atoms with Crippen molar-refractivity contribution < 1.29 is 14.7 Å². The summed E-state index contributed by atoms with van der Waals surface area (Å²) in [5.74, 6) is -1.17. The van der Waals surface area contributed by atoms with Crippen molar-refractivity contribution >= 4 is 24.4 Å². The van der Waals surface area contributed by atoms with Crippen LogP contribution in [0.25, 0.3) is 0 Å². The third kappa shape index (κ3) is 1.41. The summed E-state index contributed by atoms with van der Waals surface area (Å²) >= 11 is 0. The number of rotatable bonds is 1. The van der Waals surface area contributed by atoms with Crippen molar-refractivity contribution in [2.45, 2.75) is 12.5 Å². The lowest BCUT2D eigenvalue weighted by Crippen LogP contribution is -2.42. The Hall–Kier alpha value is -0.970. The average molecular weight is 221 g/mol. The van der Waals surface area contributed by atoms with Gasteiger partial charge in [0, 0.05) is 20.1 Å². The third-order valence-corrected chi connectivity index (χ3v) is 2.97. The van der Waals surface area contributed by atoms with Crippen LogP contribution in [0.15, 0.2) is 0 Å². The number of carbonyl (C=O) groups is 2. The van der Waals surface area contributed by atoms with Gasteiger partial charge in [0.1, 0.15) is 0 Å². The Morgan fingerprint density at radius 1 is 1.57 bits per heavy atom. The Labute approximate surface area is 88.1 Å². The first-order valence-corrected chi connectivity index (χ1v) is 4.36. The molecule has 0 unspecified atom stereocenters. The lowest BCUT2D eigenvalue weighted by atomic mass is 9.93. The summed E-state index contributed by atoms with van der Waals surface area (Å²) in [6.07, 6.45) is 0.579. The van der Waals surface area contributed by atoms with Crippen LogP contribution >= 0.6 is 12.4 Å². The fraction of sp³-hybridized carbons (Fsp3) is 0.750. The smallest absolute Gasteiger partial charge is 0.320 e. The Morgan fingerprint density at radius 3 is 2.79 bits per heavy atom. The van der Waals surface area contributed by atoms with E-state index in [1.165, 1.54) is 0 Å². The highest BCUT2D eigenvalue weighted by Gasteiger charge is 2.45. The number of fused-ring (bicyclic) bond motifs is 2. The molecule has 2 aliphatic heterocycles. The van der Waals surface area contributed by atoms with Crippen LogP contribution in [0.5, 0.6) is 0 Å². The normalized spacial score (nSPS) is 30.2. The Kier molecular flexibility index (Phi) is 2.89. The van der Waals surface area contributed by atoms with E-state index in [0.29, 0.717) is 19.5 Å². The predicted octanol–water partition coefficient (Wildman–Crippen LogP) is 0.249. The van der Waals surface area contributed by atoms with E-state index in [2.05, 4.69) is 0 Å². The molecule has 2 bridgehead atoms. The van der Waals surface area contributed by atoms with Crippen LogP contribution in [0.3, 0.4) is 0 Å². The number of amides is 2. The molecule has 0 saturated carbocycles. The minimum Gasteiger partial charge on any atom is -0.481 e. The fourth-order valence-electron chi connectivity index (χ4n) is 2.15. The number of likely N-dealkylation sites (N-methyl/N-ethyl adjacent to an activating group) is 1. The van der Waals surface area contributed by atoms with E-state index in [4.69, 9.17) is 5.11 Å². The molecule has 80 valence electrons. The fourth-order valence-corrected chi connectivity index (χ4v) is 2.15. The van der Waals surface area contributed by atoms with Crippen LogP contribution in [0, 0.1) is 5.92 Å². The van der Waals surface area contributed by atoms with Crippen LogP contribution in [0.2, 0.25) is 0 Å². The van der Waals surface area contributed by atoms with Gasteiger partial charge in [-0.3, -0.25) is 4.79 Å². The number of halogens is 1. The maximum Gasteiger partial charge on any atom is 0.320 e. The van der Waals surface area contributed by atoms with Crippen LogP contribution in [0.4, 0.5) is 4.79 Å². The Bertz CT molecular complexity index is 271. The van der Waals surface area contributed by atoms with Crippen molar-refractivity contribution in [2.24, 2.45) is 5.92 Å². The quantitative estimate of drug-likeness (QED) is 0.689. The maximum atomic E-state index is 11.4. The minimum absolute atomic E-state index is 0. The maximum absolute atomic E-state index is 11.4. The number of carboxylic acids is 1. The van der Waals surface area contributed by atoms with E-state index >= 15 is 0 Å². The standard InChI is InChI=1S/C8H12N2O3.ClH/c1-9-6-4-10(8(9)13)3-2-5(6)7(11)12;/h5-6H,2-4H2,1H3,(H,11,12);1H/t5-,6+;/m0./s1. The second-order valence-corrected chi connectivity index (χ2v) is 3.64. The van der Waals surface area contributed by atoms with Gasteiger partial charge in [-0.15, -0.1) is 12.4 Å². The van der Waals surface area contributed by atoms with Crippen molar-refractivity contribution in [2.75, 3.05) is 20.1 Å². The molecule has 2 aliphatic rings. The molecule has 2 rings (SSSR count). The van der Waals surface area contributed by atoms with E-state index in [-0.39, 0.29) is 30.4 Å². The number of urea groups is 1. The van der Waals surface area contributed by atoms with Crippen LogP contribution in [0.1, 0.15) is 6.42 Å². The number of carbonyl (C=O) groups excluding carboxylic acids is 1. The van der Waals surface area contributed by atoms with E-state index in [1.54, 1.807) is 16.8 Å². The minimum atomic E-state index is -0.786. The van der Waals surface area contributed by atoms with Gasteiger partial charge in [-0.1, -0.05) is 0 Å². The highest BCUT2D eigenvalue weighted by molar-refractivity contribution is 5.85.